The van der Waals surface area contributed by atoms with Crippen LogP contribution in [-0.2, 0) is 4.79 Å². The molecule has 0 N–H and O–H groups in total. The van der Waals surface area contributed by atoms with Gasteiger partial charge in [0.1, 0.15) is 11.3 Å². The molecular weight excluding hydrogens is 324 g/mol. The highest BCUT2D eigenvalue weighted by molar-refractivity contribution is 7.98. The minimum absolute atomic E-state index is 0.0334. The molecular formula is C17H20N4O2S. The smallest absolute Gasteiger partial charge is 0.276 e. The lowest BCUT2D eigenvalue weighted by Crippen LogP contribution is -2.34. The van der Waals surface area contributed by atoms with E-state index in [9.17, 15) is 9.59 Å². The Balaban J connectivity index is 1.97. The Kier molecular flexibility index (Phi) is 4.04. The summed E-state index contributed by atoms with van der Waals surface area (Å²) in [7, 11) is 0. The number of pyridine rings is 1. The van der Waals surface area contributed by atoms with Gasteiger partial charge >= 0.3 is 0 Å². The van der Waals surface area contributed by atoms with E-state index in [4.69, 9.17) is 0 Å². The average molecular weight is 344 g/mol. The average Bonchev–Trinajstić information content (AvgIpc) is 3.25. The van der Waals surface area contributed by atoms with E-state index in [0.29, 0.717) is 29.5 Å². The molecule has 2 aliphatic rings. The summed E-state index contributed by atoms with van der Waals surface area (Å²) in [6.45, 7) is 0.619. The first-order valence-corrected chi connectivity index (χ1v) is 9.68. The number of carbonyl (C=O) groups is 1. The van der Waals surface area contributed by atoms with Crippen LogP contribution in [-0.4, -0.2) is 33.2 Å². The van der Waals surface area contributed by atoms with Gasteiger partial charge in [-0.1, -0.05) is 24.6 Å². The fraction of sp³-hybridized carbons (Fsp3) is 0.529. The maximum Gasteiger partial charge on any atom is 0.276 e. The number of thioether (sulfide) groups is 1. The van der Waals surface area contributed by atoms with Gasteiger partial charge in [-0.15, -0.1) is 0 Å². The Morgan fingerprint density at radius 3 is 2.67 bits per heavy atom. The van der Waals surface area contributed by atoms with Crippen LogP contribution in [0.3, 0.4) is 0 Å². The van der Waals surface area contributed by atoms with Gasteiger partial charge < -0.3 is 4.90 Å². The van der Waals surface area contributed by atoms with Crippen LogP contribution >= 0.6 is 11.8 Å². The molecule has 1 saturated carbocycles. The van der Waals surface area contributed by atoms with E-state index in [0.717, 1.165) is 37.5 Å². The van der Waals surface area contributed by atoms with Crippen molar-refractivity contribution < 1.29 is 4.79 Å². The fourth-order valence-electron chi connectivity index (χ4n) is 3.79. The monoisotopic (exact) mass is 344 g/mol. The van der Waals surface area contributed by atoms with Crippen molar-refractivity contribution >= 4 is 34.4 Å². The second-order valence-corrected chi connectivity index (χ2v) is 7.20. The first kappa shape index (κ1) is 15.6. The highest BCUT2D eigenvalue weighted by Crippen LogP contribution is 2.32. The highest BCUT2D eigenvalue weighted by Gasteiger charge is 2.28. The molecule has 1 aliphatic heterocycles. The van der Waals surface area contributed by atoms with E-state index < -0.39 is 0 Å². The van der Waals surface area contributed by atoms with Crippen LogP contribution in [0.4, 0.5) is 5.69 Å². The molecule has 6 nitrogen and oxygen atoms in total. The minimum atomic E-state index is -0.0876. The number of anilines is 1. The highest BCUT2D eigenvalue weighted by atomic mass is 32.2. The molecule has 4 rings (SSSR count). The molecule has 7 heteroatoms. The molecule has 2 aromatic heterocycles. The lowest BCUT2D eigenvalue weighted by Gasteiger charge is -2.21. The van der Waals surface area contributed by atoms with E-state index >= 15 is 0 Å². The maximum atomic E-state index is 13.2. The molecule has 1 saturated heterocycles. The van der Waals surface area contributed by atoms with Crippen molar-refractivity contribution in [3.63, 3.8) is 0 Å². The van der Waals surface area contributed by atoms with E-state index in [2.05, 4.69) is 9.97 Å². The molecule has 0 radical (unpaired) electrons. The molecule has 0 atom stereocenters. The summed E-state index contributed by atoms with van der Waals surface area (Å²) < 4.78 is 1.82. The van der Waals surface area contributed by atoms with Crippen LogP contribution in [0.1, 0.15) is 44.6 Å². The van der Waals surface area contributed by atoms with Crippen LogP contribution < -0.4 is 10.5 Å². The number of amides is 1. The summed E-state index contributed by atoms with van der Waals surface area (Å²) in [6.07, 6.45) is 9.26. The first-order chi connectivity index (χ1) is 11.7. The van der Waals surface area contributed by atoms with Crippen molar-refractivity contribution in [2.24, 2.45) is 0 Å². The molecule has 0 bridgehead atoms. The van der Waals surface area contributed by atoms with Gasteiger partial charge in [0.25, 0.3) is 5.56 Å². The fourth-order valence-corrected chi connectivity index (χ4v) is 4.12. The molecule has 0 aromatic carbocycles. The summed E-state index contributed by atoms with van der Waals surface area (Å²) in [5.41, 5.74) is 1.09. The van der Waals surface area contributed by atoms with Crippen LogP contribution in [0.5, 0.6) is 0 Å². The minimum Gasteiger partial charge on any atom is -0.308 e. The van der Waals surface area contributed by atoms with Crippen LogP contribution in [0.25, 0.3) is 11.0 Å². The third kappa shape index (κ3) is 2.51. The number of fused-ring (bicyclic) bond motifs is 1. The number of carbonyl (C=O) groups excluding carboxylic acids is 1. The number of nitrogens with zero attached hydrogens (tertiary/aromatic N) is 4. The molecule has 126 valence electrons. The van der Waals surface area contributed by atoms with Crippen LogP contribution in [0.15, 0.2) is 22.2 Å². The van der Waals surface area contributed by atoms with Crippen LogP contribution in [0.2, 0.25) is 0 Å². The Bertz CT molecular complexity index is 858. The second kappa shape index (κ2) is 6.20. The second-order valence-electron chi connectivity index (χ2n) is 6.43. The third-order valence-corrected chi connectivity index (χ3v) is 5.53. The summed E-state index contributed by atoms with van der Waals surface area (Å²) >= 11 is 1.47. The zero-order valence-corrected chi connectivity index (χ0v) is 14.5. The van der Waals surface area contributed by atoms with Gasteiger partial charge in [0.15, 0.2) is 5.16 Å². The Morgan fingerprint density at radius 2 is 2.00 bits per heavy atom. The van der Waals surface area contributed by atoms with Gasteiger partial charge in [-0.2, -0.15) is 0 Å². The third-order valence-electron chi connectivity index (χ3n) is 4.97. The first-order valence-electron chi connectivity index (χ1n) is 8.45. The predicted molar refractivity (Wildman–Crippen MR) is 94.7 cm³/mol. The van der Waals surface area contributed by atoms with Gasteiger partial charge in [0.05, 0.1) is 0 Å². The number of hydrogen-bond acceptors (Lipinski definition) is 5. The molecule has 24 heavy (non-hydrogen) atoms. The molecule has 2 fully saturated rings. The van der Waals surface area contributed by atoms with Gasteiger partial charge in [0, 0.05) is 30.6 Å². The molecule has 3 heterocycles. The van der Waals surface area contributed by atoms with Crippen LogP contribution in [0, 0.1) is 0 Å². The zero-order chi connectivity index (χ0) is 16.7. The number of rotatable bonds is 3. The molecule has 0 spiro atoms. The lowest BCUT2D eigenvalue weighted by molar-refractivity contribution is -0.117. The van der Waals surface area contributed by atoms with Crippen molar-refractivity contribution in [3.05, 3.63) is 22.6 Å². The van der Waals surface area contributed by atoms with Crippen molar-refractivity contribution in [2.75, 3.05) is 17.7 Å². The maximum absolute atomic E-state index is 13.2. The Hall–Kier alpha value is -1.89. The SMILES string of the molecule is CSc1ncc2cc(N3CCCC3=O)c(=O)n(C3CCCC3)c2n1. The van der Waals surface area contributed by atoms with E-state index in [1.54, 1.807) is 17.2 Å². The van der Waals surface area contributed by atoms with Crippen molar-refractivity contribution in [1.29, 1.82) is 0 Å². The lowest BCUT2D eigenvalue weighted by atomic mass is 10.2. The van der Waals surface area contributed by atoms with E-state index in [1.807, 2.05) is 10.8 Å². The van der Waals surface area contributed by atoms with E-state index in [1.165, 1.54) is 11.8 Å². The molecule has 1 amide bonds. The van der Waals surface area contributed by atoms with Gasteiger partial charge in [-0.25, -0.2) is 9.97 Å². The summed E-state index contributed by atoms with van der Waals surface area (Å²) in [4.78, 5) is 35.9. The molecule has 2 aromatic rings. The molecule has 0 unspecified atom stereocenters. The number of aromatic nitrogens is 3. The summed E-state index contributed by atoms with van der Waals surface area (Å²) in [5.74, 6) is 0.0334. The Labute approximate surface area is 144 Å². The van der Waals surface area contributed by atoms with Crippen molar-refractivity contribution in [1.82, 2.24) is 14.5 Å². The van der Waals surface area contributed by atoms with Crippen molar-refractivity contribution in [3.8, 4) is 0 Å². The quantitative estimate of drug-likeness (QED) is 0.633. The van der Waals surface area contributed by atoms with Gasteiger partial charge in [-0.3, -0.25) is 14.2 Å². The summed E-state index contributed by atoms with van der Waals surface area (Å²) in [6, 6.07) is 1.96. The zero-order valence-electron chi connectivity index (χ0n) is 13.7. The van der Waals surface area contributed by atoms with E-state index in [-0.39, 0.29) is 17.5 Å². The van der Waals surface area contributed by atoms with Gasteiger partial charge in [0.2, 0.25) is 5.91 Å². The predicted octanol–water partition coefficient (Wildman–Crippen LogP) is 2.76. The topological polar surface area (TPSA) is 68.1 Å². The summed E-state index contributed by atoms with van der Waals surface area (Å²) in [5, 5.41) is 1.49. The number of hydrogen-bond donors (Lipinski definition) is 0. The Morgan fingerprint density at radius 1 is 1.21 bits per heavy atom. The largest absolute Gasteiger partial charge is 0.308 e. The normalized spacial score (nSPS) is 18.9. The van der Waals surface area contributed by atoms with Gasteiger partial charge in [-0.05, 0) is 31.6 Å². The molecule has 1 aliphatic carbocycles. The standard InChI is InChI=1S/C17H20N4O2S/c1-24-17-18-10-11-9-13(20-8-4-7-14(20)22)16(23)21(15(11)19-17)12-5-2-3-6-12/h9-10,12H,2-8H2,1H3. The van der Waals surface area contributed by atoms with Crippen molar-refractivity contribution in [2.45, 2.75) is 49.7 Å².